The highest BCUT2D eigenvalue weighted by atomic mass is 79.9. The molecule has 0 aliphatic carbocycles. The Morgan fingerprint density at radius 1 is 1.14 bits per heavy atom. The fourth-order valence-corrected chi connectivity index (χ4v) is 2.83. The van der Waals surface area contributed by atoms with Crippen LogP contribution in [0.3, 0.4) is 0 Å². The average Bonchev–Trinajstić information content (AvgIpc) is 2.46. The first kappa shape index (κ1) is 16.8. The quantitative estimate of drug-likeness (QED) is 0.831. The van der Waals surface area contributed by atoms with Gasteiger partial charge in [-0.05, 0) is 31.0 Å². The van der Waals surface area contributed by atoms with Gasteiger partial charge in [-0.25, -0.2) is 4.79 Å². The van der Waals surface area contributed by atoms with Crippen LogP contribution in [0.5, 0.6) is 5.75 Å². The number of hydrogen-bond acceptors (Lipinski definition) is 4. The molecular formula is C16H20BrNO4. The molecule has 6 heteroatoms. The molecule has 1 heterocycles. The molecule has 0 bridgehead atoms. The molecule has 1 saturated heterocycles. The van der Waals surface area contributed by atoms with Crippen LogP contribution >= 0.6 is 15.9 Å². The van der Waals surface area contributed by atoms with Crippen molar-refractivity contribution < 1.29 is 19.4 Å². The van der Waals surface area contributed by atoms with Gasteiger partial charge in [0.15, 0.2) is 6.61 Å². The molecule has 1 aromatic carbocycles. The summed E-state index contributed by atoms with van der Waals surface area (Å²) in [6.45, 7) is 1.15. The Morgan fingerprint density at radius 3 is 2.45 bits per heavy atom. The second kappa shape index (κ2) is 8.17. The zero-order chi connectivity index (χ0) is 15.9. The van der Waals surface area contributed by atoms with Crippen molar-refractivity contribution in [2.24, 2.45) is 0 Å². The summed E-state index contributed by atoms with van der Waals surface area (Å²) in [4.78, 5) is 25.8. The molecule has 0 unspecified atom stereocenters. The zero-order valence-corrected chi connectivity index (χ0v) is 14.0. The average molecular weight is 370 g/mol. The highest BCUT2D eigenvalue weighted by molar-refractivity contribution is 9.10. The second-order valence-electron chi connectivity index (χ2n) is 5.39. The van der Waals surface area contributed by atoms with Gasteiger partial charge in [-0.2, -0.15) is 0 Å². The number of likely N-dealkylation sites (tertiary alicyclic amines) is 1. The number of carbonyl (C=O) groups is 2. The number of carbonyl (C=O) groups excluding carboxylic acids is 2. The van der Waals surface area contributed by atoms with E-state index in [1.54, 1.807) is 11.0 Å². The maximum absolute atomic E-state index is 12.1. The van der Waals surface area contributed by atoms with Gasteiger partial charge in [-0.3, -0.25) is 4.79 Å². The van der Waals surface area contributed by atoms with Crippen LogP contribution in [0.1, 0.15) is 42.5 Å². The number of ether oxygens (including phenoxy) is 1. The standard InChI is InChI=1S/C16H20BrNO4/c17-12-6-7-14(19)13(10-12)16(21)22-11-15(20)18-8-4-2-1-3-5-9-18/h6-7,10,19H,1-5,8-9,11H2. The third kappa shape index (κ3) is 4.73. The van der Waals surface area contributed by atoms with Crippen LogP contribution in [-0.2, 0) is 9.53 Å². The first-order valence-electron chi connectivity index (χ1n) is 7.51. The highest BCUT2D eigenvalue weighted by Gasteiger charge is 2.19. The van der Waals surface area contributed by atoms with Crippen LogP contribution in [0.2, 0.25) is 0 Å². The summed E-state index contributed by atoms with van der Waals surface area (Å²) in [5, 5.41) is 9.67. The molecule has 0 aromatic heterocycles. The van der Waals surface area contributed by atoms with E-state index in [4.69, 9.17) is 4.74 Å². The fourth-order valence-electron chi connectivity index (χ4n) is 2.46. The van der Waals surface area contributed by atoms with Crippen LogP contribution in [0.15, 0.2) is 22.7 Å². The first-order chi connectivity index (χ1) is 10.6. The minimum absolute atomic E-state index is 0.0508. The van der Waals surface area contributed by atoms with E-state index in [-0.39, 0.29) is 23.8 Å². The summed E-state index contributed by atoms with van der Waals surface area (Å²) >= 11 is 3.23. The van der Waals surface area contributed by atoms with Gasteiger partial charge in [-0.1, -0.05) is 35.2 Å². The lowest BCUT2D eigenvalue weighted by atomic mass is 10.1. The number of benzene rings is 1. The Balaban J connectivity index is 1.89. The van der Waals surface area contributed by atoms with E-state index >= 15 is 0 Å². The van der Waals surface area contributed by atoms with Gasteiger partial charge in [-0.15, -0.1) is 0 Å². The molecule has 5 nitrogen and oxygen atoms in total. The molecule has 120 valence electrons. The third-order valence-corrected chi connectivity index (χ3v) is 4.21. The predicted octanol–water partition coefficient (Wildman–Crippen LogP) is 3.10. The van der Waals surface area contributed by atoms with E-state index in [0.717, 1.165) is 38.8 Å². The summed E-state index contributed by atoms with van der Waals surface area (Å²) in [6, 6.07) is 4.50. The number of amides is 1. The number of aromatic hydroxyl groups is 1. The van der Waals surface area contributed by atoms with E-state index in [0.29, 0.717) is 4.47 Å². The number of rotatable bonds is 3. The van der Waals surface area contributed by atoms with Crippen molar-refractivity contribution >= 4 is 27.8 Å². The molecule has 22 heavy (non-hydrogen) atoms. The zero-order valence-electron chi connectivity index (χ0n) is 12.4. The first-order valence-corrected chi connectivity index (χ1v) is 8.30. The van der Waals surface area contributed by atoms with Crippen LogP contribution < -0.4 is 0 Å². The highest BCUT2D eigenvalue weighted by Crippen LogP contribution is 2.22. The van der Waals surface area contributed by atoms with Crippen molar-refractivity contribution in [3.05, 3.63) is 28.2 Å². The van der Waals surface area contributed by atoms with Crippen molar-refractivity contribution in [1.82, 2.24) is 4.90 Å². The lowest BCUT2D eigenvalue weighted by molar-refractivity contribution is -0.134. The van der Waals surface area contributed by atoms with E-state index in [9.17, 15) is 14.7 Å². The van der Waals surface area contributed by atoms with Crippen molar-refractivity contribution in [3.8, 4) is 5.75 Å². The molecule has 1 aliphatic rings. The van der Waals surface area contributed by atoms with Crippen molar-refractivity contribution in [2.75, 3.05) is 19.7 Å². The van der Waals surface area contributed by atoms with Crippen molar-refractivity contribution in [1.29, 1.82) is 0 Å². The molecule has 0 atom stereocenters. The van der Waals surface area contributed by atoms with Gasteiger partial charge in [0, 0.05) is 17.6 Å². The Kier molecular flexibility index (Phi) is 6.24. The Bertz CT molecular complexity index is 539. The van der Waals surface area contributed by atoms with Crippen molar-refractivity contribution in [3.63, 3.8) is 0 Å². The Labute approximate surface area is 138 Å². The minimum atomic E-state index is -0.695. The normalized spacial score (nSPS) is 15.8. The molecule has 1 N–H and O–H groups in total. The monoisotopic (exact) mass is 369 g/mol. The smallest absolute Gasteiger partial charge is 0.342 e. The topological polar surface area (TPSA) is 66.8 Å². The third-order valence-electron chi connectivity index (χ3n) is 3.71. The number of phenols is 1. The summed E-state index contributed by atoms with van der Waals surface area (Å²) in [6.07, 6.45) is 5.47. The molecule has 0 saturated carbocycles. The lowest BCUT2D eigenvalue weighted by Crippen LogP contribution is -2.36. The van der Waals surface area contributed by atoms with Gasteiger partial charge in [0.1, 0.15) is 11.3 Å². The van der Waals surface area contributed by atoms with Gasteiger partial charge in [0.25, 0.3) is 5.91 Å². The second-order valence-corrected chi connectivity index (χ2v) is 6.30. The number of phenolic OH excluding ortho intramolecular Hbond substituents is 1. The maximum atomic E-state index is 12.1. The lowest BCUT2D eigenvalue weighted by Gasteiger charge is -2.24. The summed E-state index contributed by atoms with van der Waals surface area (Å²) in [7, 11) is 0. The van der Waals surface area contributed by atoms with Crippen LogP contribution in [0.25, 0.3) is 0 Å². The Morgan fingerprint density at radius 2 is 1.77 bits per heavy atom. The van der Waals surface area contributed by atoms with Gasteiger partial charge in [0.2, 0.25) is 0 Å². The van der Waals surface area contributed by atoms with Gasteiger partial charge in [0.05, 0.1) is 0 Å². The van der Waals surface area contributed by atoms with Crippen LogP contribution in [-0.4, -0.2) is 41.6 Å². The van der Waals surface area contributed by atoms with E-state index in [1.165, 1.54) is 18.6 Å². The number of halogens is 1. The molecule has 1 aromatic rings. The van der Waals surface area contributed by atoms with Crippen LogP contribution in [0, 0.1) is 0 Å². The molecule has 1 amide bonds. The summed E-state index contributed by atoms with van der Waals surface area (Å²) in [5.41, 5.74) is 0.0508. The number of hydrogen-bond donors (Lipinski definition) is 1. The SMILES string of the molecule is O=C(OCC(=O)N1CCCCCCC1)c1cc(Br)ccc1O. The van der Waals surface area contributed by atoms with Gasteiger partial charge < -0.3 is 14.7 Å². The number of esters is 1. The van der Waals surface area contributed by atoms with E-state index < -0.39 is 5.97 Å². The van der Waals surface area contributed by atoms with E-state index in [1.807, 2.05) is 0 Å². The van der Waals surface area contributed by atoms with Crippen molar-refractivity contribution in [2.45, 2.75) is 32.1 Å². The van der Waals surface area contributed by atoms with Gasteiger partial charge >= 0.3 is 5.97 Å². The van der Waals surface area contributed by atoms with E-state index in [2.05, 4.69) is 15.9 Å². The predicted molar refractivity (Wildman–Crippen MR) is 85.8 cm³/mol. The molecule has 2 rings (SSSR count). The fraction of sp³-hybridized carbons (Fsp3) is 0.500. The maximum Gasteiger partial charge on any atom is 0.342 e. The summed E-state index contributed by atoms with van der Waals surface area (Å²) in [5.74, 6) is -1.03. The Hall–Kier alpha value is -1.56. The molecule has 0 radical (unpaired) electrons. The largest absolute Gasteiger partial charge is 0.507 e. The molecule has 1 fully saturated rings. The summed E-state index contributed by atoms with van der Waals surface area (Å²) < 4.78 is 5.70. The van der Waals surface area contributed by atoms with Crippen LogP contribution in [0.4, 0.5) is 0 Å². The molecule has 1 aliphatic heterocycles. The molecular weight excluding hydrogens is 350 g/mol. The minimum Gasteiger partial charge on any atom is -0.507 e. The number of nitrogens with zero attached hydrogens (tertiary/aromatic N) is 1. The molecule has 0 spiro atoms.